The maximum absolute atomic E-state index is 12.0. The maximum Gasteiger partial charge on any atom is 0.306 e. The van der Waals surface area contributed by atoms with E-state index in [1.807, 2.05) is 0 Å². The molecule has 2 aromatic carbocycles. The SMILES string of the molecule is NC(=O)c1ccccc1NC(=O)COC(=O)CCC(=O)c1ccc(Cl)cc1. The number of amides is 2. The highest BCUT2D eigenvalue weighted by Gasteiger charge is 2.14. The number of esters is 1. The van der Waals surface area contributed by atoms with Gasteiger partial charge < -0.3 is 15.8 Å². The number of para-hydroxylation sites is 1. The molecule has 0 aromatic heterocycles. The van der Waals surface area contributed by atoms with Gasteiger partial charge in [0.05, 0.1) is 17.7 Å². The van der Waals surface area contributed by atoms with Gasteiger partial charge in [0.1, 0.15) is 0 Å². The minimum Gasteiger partial charge on any atom is -0.456 e. The van der Waals surface area contributed by atoms with Crippen molar-refractivity contribution in [1.29, 1.82) is 0 Å². The van der Waals surface area contributed by atoms with Crippen LogP contribution in [0.5, 0.6) is 0 Å². The van der Waals surface area contributed by atoms with E-state index in [2.05, 4.69) is 5.32 Å². The van der Waals surface area contributed by atoms with Crippen molar-refractivity contribution < 1.29 is 23.9 Å². The van der Waals surface area contributed by atoms with E-state index in [1.165, 1.54) is 12.1 Å². The monoisotopic (exact) mass is 388 g/mol. The average molecular weight is 389 g/mol. The van der Waals surface area contributed by atoms with E-state index in [0.717, 1.165) is 0 Å². The topological polar surface area (TPSA) is 116 Å². The van der Waals surface area contributed by atoms with E-state index in [1.54, 1.807) is 36.4 Å². The largest absolute Gasteiger partial charge is 0.456 e. The van der Waals surface area contributed by atoms with Crippen LogP contribution >= 0.6 is 11.6 Å². The van der Waals surface area contributed by atoms with Gasteiger partial charge in [-0.3, -0.25) is 19.2 Å². The molecule has 0 unspecified atom stereocenters. The van der Waals surface area contributed by atoms with Crippen molar-refractivity contribution in [1.82, 2.24) is 0 Å². The standard InChI is InChI=1S/C19H17ClN2O5/c20-13-7-5-12(6-8-13)16(23)9-10-18(25)27-11-17(24)22-15-4-2-1-3-14(15)19(21)26/h1-8H,9-11H2,(H2,21,26)(H,22,24). The number of nitrogens with two attached hydrogens (primary N) is 1. The Balaban J connectivity index is 1.78. The van der Waals surface area contributed by atoms with Crippen LogP contribution in [-0.2, 0) is 14.3 Å². The van der Waals surface area contributed by atoms with Gasteiger partial charge in [-0.2, -0.15) is 0 Å². The number of ketones is 1. The van der Waals surface area contributed by atoms with Gasteiger partial charge in [0.2, 0.25) is 0 Å². The van der Waals surface area contributed by atoms with Crippen molar-refractivity contribution in [3.63, 3.8) is 0 Å². The third-order valence-corrected chi connectivity index (χ3v) is 3.81. The lowest BCUT2D eigenvalue weighted by molar-refractivity contribution is -0.147. The number of anilines is 1. The Bertz CT molecular complexity index is 865. The fourth-order valence-corrected chi connectivity index (χ4v) is 2.33. The van der Waals surface area contributed by atoms with Crippen molar-refractivity contribution >= 4 is 40.9 Å². The third-order valence-electron chi connectivity index (χ3n) is 3.55. The van der Waals surface area contributed by atoms with Crippen LogP contribution in [0.2, 0.25) is 5.02 Å². The molecule has 0 aliphatic rings. The molecule has 0 radical (unpaired) electrons. The second-order valence-corrected chi connectivity index (χ2v) is 5.99. The molecule has 0 aliphatic carbocycles. The summed E-state index contributed by atoms with van der Waals surface area (Å²) in [5.74, 6) is -2.23. The second kappa shape index (κ2) is 9.49. The minimum atomic E-state index is -0.691. The highest BCUT2D eigenvalue weighted by atomic mass is 35.5. The van der Waals surface area contributed by atoms with Gasteiger partial charge >= 0.3 is 5.97 Å². The summed E-state index contributed by atoms with van der Waals surface area (Å²) in [4.78, 5) is 46.8. The van der Waals surface area contributed by atoms with Gasteiger partial charge in [-0.15, -0.1) is 0 Å². The first-order valence-electron chi connectivity index (χ1n) is 8.00. The molecular weight excluding hydrogens is 372 g/mol. The molecule has 3 N–H and O–H groups in total. The number of carbonyl (C=O) groups excluding carboxylic acids is 4. The zero-order valence-electron chi connectivity index (χ0n) is 14.2. The summed E-state index contributed by atoms with van der Waals surface area (Å²) in [6.07, 6.45) is -0.209. The van der Waals surface area contributed by atoms with Crippen LogP contribution in [0.15, 0.2) is 48.5 Å². The predicted octanol–water partition coefficient (Wildman–Crippen LogP) is 2.58. The normalized spacial score (nSPS) is 10.1. The molecule has 0 bridgehead atoms. The molecule has 2 rings (SSSR count). The number of nitrogens with one attached hydrogen (secondary N) is 1. The van der Waals surface area contributed by atoms with Crippen LogP contribution in [0.25, 0.3) is 0 Å². The fourth-order valence-electron chi connectivity index (χ4n) is 2.21. The fraction of sp³-hybridized carbons (Fsp3) is 0.158. The Morgan fingerprint density at radius 2 is 1.63 bits per heavy atom. The maximum atomic E-state index is 12.0. The summed E-state index contributed by atoms with van der Waals surface area (Å²) in [5.41, 5.74) is 6.03. The van der Waals surface area contributed by atoms with E-state index in [4.69, 9.17) is 22.1 Å². The van der Waals surface area contributed by atoms with Crippen molar-refractivity contribution in [3.05, 3.63) is 64.7 Å². The second-order valence-electron chi connectivity index (χ2n) is 5.55. The zero-order chi connectivity index (χ0) is 19.8. The summed E-state index contributed by atoms with van der Waals surface area (Å²) in [6, 6.07) is 12.5. The Labute approximate surface area is 160 Å². The van der Waals surface area contributed by atoms with Gasteiger partial charge in [-0.1, -0.05) is 23.7 Å². The Morgan fingerprint density at radius 3 is 2.30 bits per heavy atom. The average Bonchev–Trinajstić information content (AvgIpc) is 2.65. The van der Waals surface area contributed by atoms with E-state index >= 15 is 0 Å². The van der Waals surface area contributed by atoms with Crippen LogP contribution in [-0.4, -0.2) is 30.2 Å². The highest BCUT2D eigenvalue weighted by Crippen LogP contribution is 2.14. The predicted molar refractivity (Wildman–Crippen MR) is 99.6 cm³/mol. The lowest BCUT2D eigenvalue weighted by atomic mass is 10.1. The Hall–Kier alpha value is -3.19. The first kappa shape index (κ1) is 20.1. The highest BCUT2D eigenvalue weighted by molar-refractivity contribution is 6.30. The molecular formula is C19H17ClN2O5. The smallest absolute Gasteiger partial charge is 0.306 e. The van der Waals surface area contributed by atoms with Crippen LogP contribution in [0, 0.1) is 0 Å². The van der Waals surface area contributed by atoms with E-state index in [9.17, 15) is 19.2 Å². The number of carbonyl (C=O) groups is 4. The molecule has 7 nitrogen and oxygen atoms in total. The van der Waals surface area contributed by atoms with E-state index < -0.39 is 24.4 Å². The van der Waals surface area contributed by atoms with Gasteiger partial charge in [-0.05, 0) is 36.4 Å². The molecule has 0 spiro atoms. The van der Waals surface area contributed by atoms with Crippen molar-refractivity contribution in [2.45, 2.75) is 12.8 Å². The first-order valence-corrected chi connectivity index (χ1v) is 8.37. The molecule has 0 atom stereocenters. The number of rotatable bonds is 8. The molecule has 0 heterocycles. The molecule has 0 saturated heterocycles. The van der Waals surface area contributed by atoms with Crippen LogP contribution < -0.4 is 11.1 Å². The number of hydrogen-bond donors (Lipinski definition) is 2. The summed E-state index contributed by atoms with van der Waals surface area (Å²) in [7, 11) is 0. The zero-order valence-corrected chi connectivity index (χ0v) is 15.0. The molecule has 140 valence electrons. The Kier molecular flexibility index (Phi) is 7.08. The van der Waals surface area contributed by atoms with Gasteiger partial charge in [0, 0.05) is 17.0 Å². The van der Waals surface area contributed by atoms with Crippen LogP contribution in [0.3, 0.4) is 0 Å². The summed E-state index contributed by atoms with van der Waals surface area (Å²) in [6.45, 7) is -0.541. The summed E-state index contributed by atoms with van der Waals surface area (Å²) < 4.78 is 4.84. The molecule has 0 saturated carbocycles. The van der Waals surface area contributed by atoms with Gasteiger partial charge in [-0.25, -0.2) is 0 Å². The first-order chi connectivity index (χ1) is 12.9. The van der Waals surface area contributed by atoms with Gasteiger partial charge in [0.15, 0.2) is 12.4 Å². The lowest BCUT2D eigenvalue weighted by Gasteiger charge is -2.09. The van der Waals surface area contributed by atoms with Gasteiger partial charge in [0.25, 0.3) is 11.8 Å². The third kappa shape index (κ3) is 6.23. The number of primary amides is 1. The van der Waals surface area contributed by atoms with Crippen LogP contribution in [0.4, 0.5) is 5.69 Å². The number of Topliss-reactive ketones (excluding diaryl/α,β-unsaturated/α-hetero) is 1. The number of halogens is 1. The van der Waals surface area contributed by atoms with Crippen LogP contribution in [0.1, 0.15) is 33.6 Å². The molecule has 2 aromatic rings. The number of benzene rings is 2. The van der Waals surface area contributed by atoms with Crippen molar-refractivity contribution in [2.24, 2.45) is 5.73 Å². The number of ether oxygens (including phenoxy) is 1. The summed E-state index contributed by atoms with van der Waals surface area (Å²) in [5, 5.41) is 2.96. The van der Waals surface area contributed by atoms with Crippen molar-refractivity contribution in [2.75, 3.05) is 11.9 Å². The molecule has 2 amide bonds. The quantitative estimate of drug-likeness (QED) is 0.532. The molecule has 0 fully saturated rings. The summed E-state index contributed by atoms with van der Waals surface area (Å²) >= 11 is 5.75. The van der Waals surface area contributed by atoms with E-state index in [0.29, 0.717) is 10.6 Å². The lowest BCUT2D eigenvalue weighted by Crippen LogP contribution is -2.23. The minimum absolute atomic E-state index is 0.0490. The molecule has 8 heteroatoms. The molecule has 0 aliphatic heterocycles. The van der Waals surface area contributed by atoms with E-state index in [-0.39, 0.29) is 29.9 Å². The number of hydrogen-bond acceptors (Lipinski definition) is 5. The van der Waals surface area contributed by atoms with Crippen molar-refractivity contribution in [3.8, 4) is 0 Å². The molecule has 27 heavy (non-hydrogen) atoms. The Morgan fingerprint density at radius 1 is 0.963 bits per heavy atom.